The Balaban J connectivity index is -0.0000000450. The summed E-state index contributed by atoms with van der Waals surface area (Å²) < 4.78 is 0. The minimum absolute atomic E-state index is 0. The summed E-state index contributed by atoms with van der Waals surface area (Å²) >= 11 is 11.9. The molecular weight excluding hydrogens is 282 g/mol. The van der Waals surface area contributed by atoms with Gasteiger partial charge >= 0.3 is 0 Å². The third kappa shape index (κ3) is 11700. The number of rotatable bonds is 0. The van der Waals surface area contributed by atoms with Gasteiger partial charge in [0, 0.05) is 19.5 Å². The number of nitrogens with one attached hydrogen (secondary N) is 3. The Labute approximate surface area is 105 Å². The van der Waals surface area contributed by atoms with E-state index < -0.39 is 0 Å². The Morgan fingerprint density at radius 2 is 0.692 bits per heavy atom. The molecule has 0 amide bonds. The zero-order valence-corrected chi connectivity index (χ0v) is 12.1. The molecule has 0 heterocycles. The number of nitrogens with two attached hydrogens (primary N) is 3. The second kappa shape index (κ2) is 17.7. The van der Waals surface area contributed by atoms with Crippen LogP contribution in [0.4, 0.5) is 0 Å². The van der Waals surface area contributed by atoms with Gasteiger partial charge in [-0.1, -0.05) is 36.7 Å². The van der Waals surface area contributed by atoms with Gasteiger partial charge in [-0.25, -0.2) is 0 Å². The van der Waals surface area contributed by atoms with Crippen LogP contribution in [0.3, 0.4) is 0 Å². The fraction of sp³-hybridized carbons (Fsp3) is 0. The fourth-order valence-electron chi connectivity index (χ4n) is 0. The van der Waals surface area contributed by atoms with Crippen LogP contribution in [0, 0.1) is 0 Å². The van der Waals surface area contributed by atoms with E-state index in [2.05, 4.69) is 53.9 Å². The molecule has 0 radical (unpaired) electrons. The molecule has 10 heteroatoms. The van der Waals surface area contributed by atoms with Crippen molar-refractivity contribution in [3.63, 3.8) is 0 Å². The van der Waals surface area contributed by atoms with Crippen molar-refractivity contribution < 1.29 is 19.5 Å². The van der Waals surface area contributed by atoms with Gasteiger partial charge in [0.2, 0.25) is 0 Å². The minimum Gasteiger partial charge on any atom is -0.486 e. The van der Waals surface area contributed by atoms with E-state index in [1.165, 1.54) is 0 Å². The Morgan fingerprint density at radius 3 is 0.692 bits per heavy atom. The zero-order chi connectivity index (χ0) is 10.7. The van der Waals surface area contributed by atoms with Crippen molar-refractivity contribution in [2.75, 3.05) is 0 Å². The van der Waals surface area contributed by atoms with Crippen molar-refractivity contribution in [2.45, 2.75) is 0 Å². The SMILES string of the molecule is [NH-]C(N)=S.[NH-]C(N)=S.[NH-]C(N)=S.[Zn]. The van der Waals surface area contributed by atoms with E-state index in [0.717, 1.165) is 0 Å². The first-order valence-corrected chi connectivity index (χ1v) is 3.45. The molecule has 0 aliphatic heterocycles. The van der Waals surface area contributed by atoms with Gasteiger partial charge in [-0.2, -0.15) is 0 Å². The maximum absolute atomic E-state index is 6.09. The molecule has 0 aromatic heterocycles. The Kier molecular flexibility index (Phi) is 31.3. The standard InChI is InChI=1S/3CH4N2S.Zn/c3*2-1(3)4;/h3*(H4,2,3,4);/p-3. The van der Waals surface area contributed by atoms with Gasteiger partial charge in [-0.3, -0.25) is 0 Å². The number of hydrogen-bond acceptors (Lipinski definition) is 3. The predicted octanol–water partition coefficient (Wildman–Crippen LogP) is 0.844. The van der Waals surface area contributed by atoms with Gasteiger partial charge < -0.3 is 34.4 Å². The van der Waals surface area contributed by atoms with Crippen LogP contribution in [0.25, 0.3) is 17.2 Å². The van der Waals surface area contributed by atoms with E-state index in [4.69, 9.17) is 17.2 Å². The summed E-state index contributed by atoms with van der Waals surface area (Å²) in [4.78, 5) is 0. The molecule has 0 aliphatic rings. The van der Waals surface area contributed by atoms with Gasteiger partial charge in [-0.05, 0) is 15.3 Å². The van der Waals surface area contributed by atoms with Gasteiger partial charge in [0.1, 0.15) is 0 Å². The molecular formula is C3H9N6S3Zn-3. The van der Waals surface area contributed by atoms with Crippen molar-refractivity contribution in [1.82, 2.24) is 0 Å². The monoisotopic (exact) mass is 289 g/mol. The molecule has 0 saturated carbocycles. The first-order valence-electron chi connectivity index (χ1n) is 2.23. The summed E-state index contributed by atoms with van der Waals surface area (Å²) in [6.07, 6.45) is 0. The first-order chi connectivity index (χ1) is 5.20. The van der Waals surface area contributed by atoms with Crippen LogP contribution < -0.4 is 17.2 Å². The van der Waals surface area contributed by atoms with Crippen LogP contribution in [0.5, 0.6) is 0 Å². The van der Waals surface area contributed by atoms with E-state index in [9.17, 15) is 0 Å². The predicted molar refractivity (Wildman–Crippen MR) is 63.3 cm³/mol. The first kappa shape index (κ1) is 23.0. The molecule has 9 N–H and O–H groups in total. The molecule has 13 heavy (non-hydrogen) atoms. The summed E-state index contributed by atoms with van der Waals surface area (Å²) in [5.74, 6) is 0. The molecule has 0 saturated heterocycles. The molecule has 0 aliphatic carbocycles. The zero-order valence-electron chi connectivity index (χ0n) is 6.66. The molecule has 0 unspecified atom stereocenters. The summed E-state index contributed by atoms with van der Waals surface area (Å²) in [7, 11) is 0. The molecule has 0 fully saturated rings. The van der Waals surface area contributed by atoms with E-state index in [1.54, 1.807) is 0 Å². The molecule has 74 valence electrons. The van der Waals surface area contributed by atoms with Crippen molar-refractivity contribution in [1.29, 1.82) is 0 Å². The molecule has 0 rings (SSSR count). The number of hydrogen-bond donors (Lipinski definition) is 3. The quantitative estimate of drug-likeness (QED) is 0.444. The van der Waals surface area contributed by atoms with Crippen molar-refractivity contribution in [3.05, 3.63) is 17.2 Å². The summed E-state index contributed by atoms with van der Waals surface area (Å²) in [5.41, 5.74) is 31.8. The van der Waals surface area contributed by atoms with E-state index in [1.807, 2.05) is 0 Å². The molecule has 6 nitrogen and oxygen atoms in total. The topological polar surface area (TPSA) is 149 Å². The number of thiocarbonyl (C=S) groups is 3. The van der Waals surface area contributed by atoms with Crippen LogP contribution in [0.15, 0.2) is 0 Å². The Morgan fingerprint density at radius 1 is 0.692 bits per heavy atom. The van der Waals surface area contributed by atoms with Crippen LogP contribution in [-0.2, 0) is 19.5 Å². The maximum Gasteiger partial charge on any atom is 0 e. The minimum atomic E-state index is -0.250. The van der Waals surface area contributed by atoms with E-state index in [-0.39, 0.29) is 34.8 Å². The Bertz CT molecular complexity index is 121. The fourth-order valence-corrected chi connectivity index (χ4v) is 0. The molecule has 0 aromatic carbocycles. The average molecular weight is 291 g/mol. The average Bonchev–Trinajstić information content (AvgIpc) is 1.54. The van der Waals surface area contributed by atoms with Crippen LogP contribution >= 0.6 is 36.7 Å². The van der Waals surface area contributed by atoms with E-state index >= 15 is 0 Å². The van der Waals surface area contributed by atoms with Gasteiger partial charge in [0.05, 0.1) is 0 Å². The van der Waals surface area contributed by atoms with Gasteiger partial charge in [0.15, 0.2) is 0 Å². The largest absolute Gasteiger partial charge is 0.486 e. The molecule has 0 aromatic rings. The third-order valence-corrected chi connectivity index (χ3v) is 0. The smallest absolute Gasteiger partial charge is 0 e. The second-order valence-corrected chi connectivity index (χ2v) is 2.41. The second-order valence-electron chi connectivity index (χ2n) is 1.09. The van der Waals surface area contributed by atoms with Gasteiger partial charge in [-0.15, -0.1) is 0 Å². The summed E-state index contributed by atoms with van der Waals surface area (Å²) in [5, 5.41) is -0.750. The van der Waals surface area contributed by atoms with Gasteiger partial charge in [0.25, 0.3) is 0 Å². The normalized spacial score (nSPS) is 5.54. The van der Waals surface area contributed by atoms with E-state index in [0.29, 0.717) is 0 Å². The maximum atomic E-state index is 6.09. The molecule has 0 bridgehead atoms. The van der Waals surface area contributed by atoms with Crippen molar-refractivity contribution in [2.24, 2.45) is 17.2 Å². The van der Waals surface area contributed by atoms with Crippen molar-refractivity contribution in [3.8, 4) is 0 Å². The van der Waals surface area contributed by atoms with Crippen LogP contribution in [0.1, 0.15) is 0 Å². The van der Waals surface area contributed by atoms with Crippen molar-refractivity contribution >= 4 is 52.0 Å². The third-order valence-electron chi connectivity index (χ3n) is 0. The van der Waals surface area contributed by atoms with Crippen LogP contribution in [-0.4, -0.2) is 15.3 Å². The Hall–Kier alpha value is -0.307. The summed E-state index contributed by atoms with van der Waals surface area (Å²) in [6, 6.07) is 0. The summed E-state index contributed by atoms with van der Waals surface area (Å²) in [6.45, 7) is 0. The van der Waals surface area contributed by atoms with Crippen LogP contribution in [0.2, 0.25) is 0 Å². The molecule has 0 spiro atoms. The molecule has 0 atom stereocenters.